The Kier molecular flexibility index (Phi) is 4.91. The van der Waals surface area contributed by atoms with Crippen molar-refractivity contribution in [3.63, 3.8) is 0 Å². The maximum absolute atomic E-state index is 5.91. The third-order valence-corrected chi connectivity index (χ3v) is 3.40. The summed E-state index contributed by atoms with van der Waals surface area (Å²) in [4.78, 5) is 4.11. The highest BCUT2D eigenvalue weighted by Crippen LogP contribution is 2.24. The Morgan fingerprint density at radius 3 is 2.80 bits per heavy atom. The smallest absolute Gasteiger partial charge is 0.0445 e. The summed E-state index contributed by atoms with van der Waals surface area (Å²) >= 11 is 1.92. The van der Waals surface area contributed by atoms with Gasteiger partial charge in [-0.25, -0.2) is 0 Å². The number of hydrogen-bond donors (Lipinski definition) is 2. The molecular formula is C11H19N3S. The molecule has 0 radical (unpaired) electrons. The number of pyridine rings is 1. The van der Waals surface area contributed by atoms with Crippen LogP contribution in [0.2, 0.25) is 0 Å². The van der Waals surface area contributed by atoms with Gasteiger partial charge in [0.25, 0.3) is 0 Å². The molecule has 0 aliphatic carbocycles. The summed E-state index contributed by atoms with van der Waals surface area (Å²) in [7, 11) is 1.96. The first-order valence-electron chi connectivity index (χ1n) is 5.13. The third kappa shape index (κ3) is 3.72. The summed E-state index contributed by atoms with van der Waals surface area (Å²) < 4.78 is 0. The van der Waals surface area contributed by atoms with Crippen LogP contribution in [0.3, 0.4) is 0 Å². The zero-order chi connectivity index (χ0) is 11.3. The monoisotopic (exact) mass is 225 g/mol. The predicted octanol–water partition coefficient (Wildman–Crippen LogP) is 2.07. The van der Waals surface area contributed by atoms with E-state index in [1.807, 2.05) is 31.1 Å². The zero-order valence-corrected chi connectivity index (χ0v) is 10.3. The molecule has 1 aromatic heterocycles. The number of thioether (sulfide) groups is 1. The molecule has 84 valence electrons. The Bertz CT molecular complexity index is 302. The van der Waals surface area contributed by atoms with E-state index in [-0.39, 0.29) is 6.04 Å². The summed E-state index contributed by atoms with van der Waals surface area (Å²) in [5, 5.41) is 3.91. The number of rotatable bonds is 5. The fourth-order valence-corrected chi connectivity index (χ4v) is 2.25. The van der Waals surface area contributed by atoms with E-state index >= 15 is 0 Å². The molecule has 3 N–H and O–H groups in total. The van der Waals surface area contributed by atoms with Gasteiger partial charge in [0.1, 0.15) is 0 Å². The minimum absolute atomic E-state index is 0.283. The maximum atomic E-state index is 5.91. The highest BCUT2D eigenvalue weighted by molar-refractivity contribution is 7.99. The van der Waals surface area contributed by atoms with E-state index in [2.05, 4.69) is 24.1 Å². The van der Waals surface area contributed by atoms with E-state index in [1.165, 1.54) is 0 Å². The van der Waals surface area contributed by atoms with Crippen LogP contribution >= 0.6 is 11.8 Å². The summed E-state index contributed by atoms with van der Waals surface area (Å²) in [6.07, 6.45) is 3.57. The molecule has 4 heteroatoms. The number of nitrogens with two attached hydrogens (primary N) is 1. The van der Waals surface area contributed by atoms with E-state index < -0.39 is 0 Å². The molecule has 0 saturated heterocycles. The van der Waals surface area contributed by atoms with Gasteiger partial charge in [-0.2, -0.15) is 11.8 Å². The molecule has 1 atom stereocenters. The van der Waals surface area contributed by atoms with E-state index in [0.29, 0.717) is 5.25 Å². The lowest BCUT2D eigenvalue weighted by Crippen LogP contribution is -2.21. The van der Waals surface area contributed by atoms with Crippen LogP contribution in [0.5, 0.6) is 0 Å². The summed E-state index contributed by atoms with van der Waals surface area (Å²) in [6.45, 7) is 4.40. The molecule has 0 spiro atoms. The minimum atomic E-state index is 0.283. The Morgan fingerprint density at radius 1 is 1.53 bits per heavy atom. The molecule has 0 amide bonds. The predicted molar refractivity (Wildman–Crippen MR) is 68.0 cm³/mol. The summed E-state index contributed by atoms with van der Waals surface area (Å²) in [5.74, 6) is 1.02. The lowest BCUT2D eigenvalue weighted by atomic mass is 10.1. The normalized spacial score (nSPS) is 13.1. The van der Waals surface area contributed by atoms with Crippen LogP contribution in [-0.4, -0.2) is 23.0 Å². The second-order valence-corrected chi connectivity index (χ2v) is 5.34. The van der Waals surface area contributed by atoms with Crippen LogP contribution in [0.4, 0.5) is 5.69 Å². The van der Waals surface area contributed by atoms with E-state index in [1.54, 1.807) is 6.20 Å². The second kappa shape index (κ2) is 5.98. The zero-order valence-electron chi connectivity index (χ0n) is 9.53. The number of aromatic nitrogens is 1. The largest absolute Gasteiger partial charge is 0.398 e. The maximum Gasteiger partial charge on any atom is 0.0445 e. The van der Waals surface area contributed by atoms with Crippen LogP contribution in [0.25, 0.3) is 0 Å². The second-order valence-electron chi connectivity index (χ2n) is 3.73. The average Bonchev–Trinajstić information content (AvgIpc) is 2.21. The van der Waals surface area contributed by atoms with Crippen molar-refractivity contribution in [2.75, 3.05) is 18.5 Å². The number of anilines is 1. The van der Waals surface area contributed by atoms with Crippen LogP contribution in [0.15, 0.2) is 18.5 Å². The standard InChI is InChI=1S/C11H19N3S/c1-8(2)15-7-11(13-3)9-6-14-5-4-10(9)12/h4-6,8,11,13H,7H2,1-3H3,(H2,12,14). The fourth-order valence-electron chi connectivity index (χ4n) is 1.33. The van der Waals surface area contributed by atoms with E-state index in [0.717, 1.165) is 17.0 Å². The van der Waals surface area contributed by atoms with E-state index in [9.17, 15) is 0 Å². The van der Waals surface area contributed by atoms with Crippen molar-refractivity contribution >= 4 is 17.4 Å². The first-order chi connectivity index (χ1) is 7.15. The van der Waals surface area contributed by atoms with Gasteiger partial charge in [-0.3, -0.25) is 4.98 Å². The third-order valence-electron chi connectivity index (χ3n) is 2.21. The van der Waals surface area contributed by atoms with Crippen molar-refractivity contribution in [2.45, 2.75) is 25.1 Å². The quantitative estimate of drug-likeness (QED) is 0.805. The molecule has 1 aromatic rings. The van der Waals surface area contributed by atoms with Gasteiger partial charge in [-0.1, -0.05) is 13.8 Å². The molecule has 0 fully saturated rings. The molecule has 0 aliphatic heterocycles. The molecule has 15 heavy (non-hydrogen) atoms. The number of nitrogens with zero attached hydrogens (tertiary/aromatic N) is 1. The number of nitrogen functional groups attached to an aromatic ring is 1. The van der Waals surface area contributed by atoms with Crippen molar-refractivity contribution < 1.29 is 0 Å². The van der Waals surface area contributed by atoms with Gasteiger partial charge in [-0.15, -0.1) is 0 Å². The van der Waals surface area contributed by atoms with Gasteiger partial charge >= 0.3 is 0 Å². The number of hydrogen-bond acceptors (Lipinski definition) is 4. The van der Waals surface area contributed by atoms with Crippen molar-refractivity contribution in [3.8, 4) is 0 Å². The minimum Gasteiger partial charge on any atom is -0.398 e. The van der Waals surface area contributed by atoms with Gasteiger partial charge in [-0.05, 0) is 18.4 Å². The van der Waals surface area contributed by atoms with Crippen molar-refractivity contribution in [1.82, 2.24) is 10.3 Å². The summed E-state index contributed by atoms with van der Waals surface area (Å²) in [5.41, 5.74) is 7.82. The fraction of sp³-hybridized carbons (Fsp3) is 0.545. The van der Waals surface area contributed by atoms with Gasteiger partial charge in [0.2, 0.25) is 0 Å². The SMILES string of the molecule is CNC(CSC(C)C)c1cnccc1N. The lowest BCUT2D eigenvalue weighted by Gasteiger charge is -2.18. The Balaban J connectivity index is 2.70. The number of nitrogens with one attached hydrogen (secondary N) is 1. The Morgan fingerprint density at radius 2 is 2.27 bits per heavy atom. The topological polar surface area (TPSA) is 50.9 Å². The molecule has 1 heterocycles. The Labute approximate surface area is 95.9 Å². The molecule has 0 aromatic carbocycles. The molecule has 1 unspecified atom stereocenters. The highest BCUT2D eigenvalue weighted by atomic mass is 32.2. The van der Waals surface area contributed by atoms with Crippen molar-refractivity contribution in [1.29, 1.82) is 0 Å². The van der Waals surface area contributed by atoms with Crippen LogP contribution in [0, 0.1) is 0 Å². The van der Waals surface area contributed by atoms with Gasteiger partial charge in [0, 0.05) is 35.4 Å². The molecule has 0 bridgehead atoms. The van der Waals surface area contributed by atoms with Crippen molar-refractivity contribution in [3.05, 3.63) is 24.0 Å². The molecule has 0 aliphatic rings. The lowest BCUT2D eigenvalue weighted by molar-refractivity contribution is 0.660. The van der Waals surface area contributed by atoms with Gasteiger partial charge < -0.3 is 11.1 Å². The molecular weight excluding hydrogens is 206 g/mol. The first kappa shape index (κ1) is 12.3. The highest BCUT2D eigenvalue weighted by Gasteiger charge is 2.12. The Hall–Kier alpha value is -0.740. The van der Waals surface area contributed by atoms with Crippen LogP contribution in [0.1, 0.15) is 25.5 Å². The van der Waals surface area contributed by atoms with Gasteiger partial charge in [0.05, 0.1) is 0 Å². The first-order valence-corrected chi connectivity index (χ1v) is 6.18. The molecule has 1 rings (SSSR count). The van der Waals surface area contributed by atoms with Crippen molar-refractivity contribution in [2.24, 2.45) is 0 Å². The van der Waals surface area contributed by atoms with Crippen LogP contribution < -0.4 is 11.1 Å². The van der Waals surface area contributed by atoms with Gasteiger partial charge in [0.15, 0.2) is 0 Å². The van der Waals surface area contributed by atoms with E-state index in [4.69, 9.17) is 5.73 Å². The van der Waals surface area contributed by atoms with Crippen LogP contribution in [-0.2, 0) is 0 Å². The molecule has 0 saturated carbocycles. The summed E-state index contributed by atoms with van der Waals surface area (Å²) in [6, 6.07) is 2.13. The molecule has 3 nitrogen and oxygen atoms in total. The average molecular weight is 225 g/mol.